The van der Waals surface area contributed by atoms with E-state index in [-0.39, 0.29) is 23.9 Å². The van der Waals surface area contributed by atoms with Crippen LogP contribution in [0.4, 0.5) is 0 Å². The number of carbonyl (C=O) groups is 1. The number of hydrogen-bond donors (Lipinski definition) is 2. The van der Waals surface area contributed by atoms with Gasteiger partial charge in [0.15, 0.2) is 0 Å². The number of rotatable bonds is 7. The van der Waals surface area contributed by atoms with Crippen molar-refractivity contribution in [1.82, 2.24) is 5.32 Å². The van der Waals surface area contributed by atoms with Crippen LogP contribution in [-0.2, 0) is 9.53 Å². The van der Waals surface area contributed by atoms with Crippen molar-refractivity contribution >= 4 is 18.3 Å². The first-order valence-corrected chi connectivity index (χ1v) is 8.80. The van der Waals surface area contributed by atoms with Crippen molar-refractivity contribution in [2.75, 3.05) is 13.2 Å². The molecule has 1 amide bonds. The molecule has 4 nitrogen and oxygen atoms in total. The number of nitrogens with two attached hydrogens (primary N) is 1. The molecule has 0 aliphatic heterocycles. The predicted molar refractivity (Wildman–Crippen MR) is 100 cm³/mol. The standard InChI is InChI=1S/C19H30N2O2.ClH/c1-3-13-23-19(11-5-4-6-12-19)14-21-18(22)17(20)16-9-7-15(2)8-10-16;/h7-10,17H,3-6,11-14,20H2,1-2H3,(H,21,22);1H. The second-order valence-electron chi connectivity index (χ2n) is 6.70. The van der Waals surface area contributed by atoms with Crippen molar-refractivity contribution < 1.29 is 9.53 Å². The SMILES string of the molecule is CCCOC1(CNC(=O)C(N)c2ccc(C)cc2)CCCCC1.Cl. The molecule has 136 valence electrons. The van der Waals surface area contributed by atoms with Gasteiger partial charge in [-0.2, -0.15) is 0 Å². The molecule has 0 heterocycles. The topological polar surface area (TPSA) is 64.3 Å². The number of amides is 1. The lowest BCUT2D eigenvalue weighted by Gasteiger charge is -2.37. The van der Waals surface area contributed by atoms with E-state index < -0.39 is 6.04 Å². The molecule has 0 radical (unpaired) electrons. The van der Waals surface area contributed by atoms with Crippen molar-refractivity contribution in [3.63, 3.8) is 0 Å². The van der Waals surface area contributed by atoms with E-state index in [2.05, 4.69) is 12.2 Å². The predicted octanol–water partition coefficient (Wildman–Crippen LogP) is 3.66. The average molecular weight is 355 g/mol. The average Bonchev–Trinajstić information content (AvgIpc) is 2.59. The van der Waals surface area contributed by atoms with E-state index in [0.717, 1.165) is 37.0 Å². The molecule has 0 spiro atoms. The first kappa shape index (κ1) is 20.9. The molecule has 24 heavy (non-hydrogen) atoms. The minimum atomic E-state index is -0.623. The highest BCUT2D eigenvalue weighted by molar-refractivity contribution is 5.85. The van der Waals surface area contributed by atoms with E-state index in [4.69, 9.17) is 10.5 Å². The van der Waals surface area contributed by atoms with Crippen LogP contribution >= 0.6 is 12.4 Å². The van der Waals surface area contributed by atoms with E-state index in [1.54, 1.807) is 0 Å². The van der Waals surface area contributed by atoms with Crippen molar-refractivity contribution in [2.45, 2.75) is 64.0 Å². The molecular formula is C19H31ClN2O2. The smallest absolute Gasteiger partial charge is 0.241 e. The largest absolute Gasteiger partial charge is 0.373 e. The van der Waals surface area contributed by atoms with Gasteiger partial charge in [-0.15, -0.1) is 12.4 Å². The molecule has 1 aromatic rings. The summed E-state index contributed by atoms with van der Waals surface area (Å²) < 4.78 is 6.12. The van der Waals surface area contributed by atoms with Crippen LogP contribution < -0.4 is 11.1 Å². The Morgan fingerprint density at radius 2 is 1.88 bits per heavy atom. The molecule has 0 bridgehead atoms. The van der Waals surface area contributed by atoms with Crippen LogP contribution in [0.25, 0.3) is 0 Å². The fourth-order valence-corrected chi connectivity index (χ4v) is 3.17. The van der Waals surface area contributed by atoms with Crippen LogP contribution in [0.2, 0.25) is 0 Å². The second kappa shape index (κ2) is 10.0. The number of nitrogens with one attached hydrogen (secondary N) is 1. The van der Waals surface area contributed by atoms with Crippen molar-refractivity contribution in [3.05, 3.63) is 35.4 Å². The van der Waals surface area contributed by atoms with Crippen LogP contribution in [0.3, 0.4) is 0 Å². The fraction of sp³-hybridized carbons (Fsp3) is 0.632. The molecular weight excluding hydrogens is 324 g/mol. The zero-order valence-electron chi connectivity index (χ0n) is 14.8. The summed E-state index contributed by atoms with van der Waals surface area (Å²) in [5.41, 5.74) is 7.91. The van der Waals surface area contributed by atoms with Gasteiger partial charge in [0, 0.05) is 13.2 Å². The highest BCUT2D eigenvalue weighted by Gasteiger charge is 2.33. The Balaban J connectivity index is 0.00000288. The summed E-state index contributed by atoms with van der Waals surface area (Å²) >= 11 is 0. The van der Waals surface area contributed by atoms with Crippen molar-refractivity contribution in [3.8, 4) is 0 Å². The van der Waals surface area contributed by atoms with Crippen LogP contribution in [0, 0.1) is 6.92 Å². The van der Waals surface area contributed by atoms with E-state index in [9.17, 15) is 4.79 Å². The van der Waals surface area contributed by atoms with Crippen molar-refractivity contribution in [1.29, 1.82) is 0 Å². The van der Waals surface area contributed by atoms with Gasteiger partial charge in [-0.1, -0.05) is 56.0 Å². The van der Waals surface area contributed by atoms with Gasteiger partial charge in [-0.05, 0) is 31.7 Å². The van der Waals surface area contributed by atoms with E-state index in [1.165, 1.54) is 19.3 Å². The van der Waals surface area contributed by atoms with Crippen molar-refractivity contribution in [2.24, 2.45) is 5.73 Å². The Labute approximate surface area is 151 Å². The molecule has 1 fully saturated rings. The van der Waals surface area contributed by atoms with Crippen LogP contribution in [0.1, 0.15) is 62.6 Å². The Bertz CT molecular complexity index is 499. The van der Waals surface area contributed by atoms with E-state index in [0.29, 0.717) is 6.54 Å². The molecule has 1 aliphatic rings. The second-order valence-corrected chi connectivity index (χ2v) is 6.70. The molecule has 2 rings (SSSR count). The summed E-state index contributed by atoms with van der Waals surface area (Å²) in [4.78, 5) is 12.4. The highest BCUT2D eigenvalue weighted by Crippen LogP contribution is 2.31. The summed E-state index contributed by atoms with van der Waals surface area (Å²) in [6, 6.07) is 7.18. The maximum Gasteiger partial charge on any atom is 0.241 e. The summed E-state index contributed by atoms with van der Waals surface area (Å²) in [5, 5.41) is 3.03. The minimum Gasteiger partial charge on any atom is -0.373 e. The van der Waals surface area contributed by atoms with Crippen LogP contribution in [0.5, 0.6) is 0 Å². The summed E-state index contributed by atoms with van der Waals surface area (Å²) in [6.07, 6.45) is 6.64. The normalized spacial score (nSPS) is 17.6. The third kappa shape index (κ3) is 5.76. The van der Waals surface area contributed by atoms with Gasteiger partial charge in [-0.25, -0.2) is 0 Å². The third-order valence-electron chi connectivity index (χ3n) is 4.68. The number of halogens is 1. The third-order valence-corrected chi connectivity index (χ3v) is 4.68. The molecule has 1 saturated carbocycles. The van der Waals surface area contributed by atoms with E-state index >= 15 is 0 Å². The fourth-order valence-electron chi connectivity index (χ4n) is 3.17. The quantitative estimate of drug-likeness (QED) is 0.785. The molecule has 1 aliphatic carbocycles. The number of aryl methyl sites for hydroxylation is 1. The Kier molecular flexibility index (Phi) is 8.74. The maximum absolute atomic E-state index is 12.4. The Hall–Kier alpha value is -1.10. The Morgan fingerprint density at radius 3 is 2.46 bits per heavy atom. The molecule has 1 aromatic carbocycles. The zero-order valence-corrected chi connectivity index (χ0v) is 15.7. The van der Waals surface area contributed by atoms with Crippen LogP contribution in [-0.4, -0.2) is 24.7 Å². The molecule has 0 aromatic heterocycles. The van der Waals surface area contributed by atoms with Gasteiger partial charge >= 0.3 is 0 Å². The first-order valence-electron chi connectivity index (χ1n) is 8.80. The van der Waals surface area contributed by atoms with Gasteiger partial charge in [0.25, 0.3) is 0 Å². The lowest BCUT2D eigenvalue weighted by atomic mass is 9.84. The van der Waals surface area contributed by atoms with Gasteiger partial charge in [0.2, 0.25) is 5.91 Å². The zero-order chi connectivity index (χ0) is 16.7. The van der Waals surface area contributed by atoms with Gasteiger partial charge in [0.05, 0.1) is 5.60 Å². The highest BCUT2D eigenvalue weighted by atomic mass is 35.5. The van der Waals surface area contributed by atoms with Gasteiger partial charge in [-0.3, -0.25) is 4.79 Å². The molecule has 0 saturated heterocycles. The Morgan fingerprint density at radius 1 is 1.25 bits per heavy atom. The molecule has 5 heteroatoms. The first-order chi connectivity index (χ1) is 11.1. The monoisotopic (exact) mass is 354 g/mol. The van der Waals surface area contributed by atoms with E-state index in [1.807, 2.05) is 31.2 Å². The summed E-state index contributed by atoms with van der Waals surface area (Å²) in [6.45, 7) is 5.45. The molecule has 1 atom stereocenters. The minimum absolute atomic E-state index is 0. The van der Waals surface area contributed by atoms with Crippen LogP contribution in [0.15, 0.2) is 24.3 Å². The molecule has 1 unspecified atom stereocenters. The number of ether oxygens (including phenoxy) is 1. The lowest BCUT2D eigenvalue weighted by molar-refractivity contribution is -0.125. The maximum atomic E-state index is 12.4. The number of carbonyl (C=O) groups excluding carboxylic acids is 1. The summed E-state index contributed by atoms with van der Waals surface area (Å²) in [7, 11) is 0. The lowest BCUT2D eigenvalue weighted by Crippen LogP contribution is -2.48. The van der Waals surface area contributed by atoms with Gasteiger partial charge < -0.3 is 15.8 Å². The van der Waals surface area contributed by atoms with Gasteiger partial charge in [0.1, 0.15) is 6.04 Å². The number of hydrogen-bond acceptors (Lipinski definition) is 3. The number of benzene rings is 1. The molecule has 3 N–H and O–H groups in total. The summed E-state index contributed by atoms with van der Waals surface area (Å²) in [5.74, 6) is -0.126.